The zero-order valence-electron chi connectivity index (χ0n) is 13.6. The van der Waals surface area contributed by atoms with Gasteiger partial charge in [-0.2, -0.15) is 5.10 Å². The van der Waals surface area contributed by atoms with Gasteiger partial charge in [0.05, 0.1) is 15.8 Å². The highest BCUT2D eigenvalue weighted by Crippen LogP contribution is 2.29. The second kappa shape index (κ2) is 6.73. The van der Waals surface area contributed by atoms with Gasteiger partial charge in [-0.25, -0.2) is 8.42 Å². The summed E-state index contributed by atoms with van der Waals surface area (Å²) in [5.74, 6) is -0.166. The molecule has 0 N–H and O–H groups in total. The third-order valence-corrected chi connectivity index (χ3v) is 6.75. The summed E-state index contributed by atoms with van der Waals surface area (Å²) >= 11 is 0. The maximum absolute atomic E-state index is 12.5. The molecule has 0 bridgehead atoms. The quantitative estimate of drug-likeness (QED) is 0.617. The van der Waals surface area contributed by atoms with Crippen LogP contribution in [0.4, 0.5) is 0 Å². The normalized spacial score (nSPS) is 16.0. The number of nitrogens with zero attached hydrogens (tertiary/aromatic N) is 2. The SMILES string of the molecule is Cn1nccc1C=CC(=O)c1ccc(S(=O)(=O)C2CCCC2)cc1. The van der Waals surface area contributed by atoms with Gasteiger partial charge in [0.15, 0.2) is 15.6 Å². The van der Waals surface area contributed by atoms with Gasteiger partial charge in [-0.05, 0) is 55.3 Å². The largest absolute Gasteiger partial charge is 0.289 e. The Morgan fingerprint density at radius 2 is 1.83 bits per heavy atom. The Morgan fingerprint density at radius 3 is 2.42 bits per heavy atom. The Morgan fingerprint density at radius 1 is 1.17 bits per heavy atom. The highest BCUT2D eigenvalue weighted by molar-refractivity contribution is 7.92. The summed E-state index contributed by atoms with van der Waals surface area (Å²) in [5, 5.41) is 3.76. The van der Waals surface area contributed by atoms with Crippen LogP contribution in [0.3, 0.4) is 0 Å². The van der Waals surface area contributed by atoms with Crippen molar-refractivity contribution < 1.29 is 13.2 Å². The van der Waals surface area contributed by atoms with E-state index in [4.69, 9.17) is 0 Å². The van der Waals surface area contributed by atoms with Crippen LogP contribution in [0.1, 0.15) is 41.7 Å². The zero-order chi connectivity index (χ0) is 17.2. The van der Waals surface area contributed by atoms with Gasteiger partial charge in [0, 0.05) is 18.8 Å². The molecule has 0 spiro atoms. The molecule has 0 aliphatic heterocycles. The first-order valence-corrected chi connectivity index (χ1v) is 9.57. The standard InChI is InChI=1S/C18H20N2O3S/c1-20-15(12-13-19-20)8-11-18(21)14-6-9-17(10-7-14)24(22,23)16-4-2-3-5-16/h6-13,16H,2-5H2,1H3. The Balaban J connectivity index is 1.75. The van der Waals surface area contributed by atoms with Crippen molar-refractivity contribution in [3.8, 4) is 0 Å². The van der Waals surface area contributed by atoms with Crippen molar-refractivity contribution in [2.75, 3.05) is 0 Å². The average Bonchev–Trinajstić information content (AvgIpc) is 3.25. The van der Waals surface area contributed by atoms with Crippen molar-refractivity contribution in [3.63, 3.8) is 0 Å². The predicted molar refractivity (Wildman–Crippen MR) is 92.5 cm³/mol. The van der Waals surface area contributed by atoms with E-state index in [0.29, 0.717) is 10.5 Å². The summed E-state index contributed by atoms with van der Waals surface area (Å²) in [6, 6.07) is 8.05. The number of carbonyl (C=O) groups excluding carboxylic acids is 1. The first kappa shape index (κ1) is 16.6. The van der Waals surface area contributed by atoms with E-state index < -0.39 is 9.84 Å². The van der Waals surface area contributed by atoms with Crippen LogP contribution in [-0.2, 0) is 16.9 Å². The Hall–Kier alpha value is -2.21. The molecule has 24 heavy (non-hydrogen) atoms. The van der Waals surface area contributed by atoms with Gasteiger partial charge in [-0.15, -0.1) is 0 Å². The molecule has 1 aliphatic carbocycles. The fraction of sp³-hybridized carbons (Fsp3) is 0.333. The van der Waals surface area contributed by atoms with Crippen LogP contribution in [0, 0.1) is 0 Å². The van der Waals surface area contributed by atoms with Gasteiger partial charge >= 0.3 is 0 Å². The molecule has 0 unspecified atom stereocenters. The lowest BCUT2D eigenvalue weighted by molar-refractivity contribution is 0.104. The molecule has 126 valence electrons. The maximum atomic E-state index is 12.5. The predicted octanol–water partition coefficient (Wildman–Crippen LogP) is 3.03. The number of ketones is 1. The fourth-order valence-corrected chi connectivity index (χ4v) is 4.86. The van der Waals surface area contributed by atoms with Crippen LogP contribution in [0.15, 0.2) is 47.5 Å². The van der Waals surface area contributed by atoms with Crippen LogP contribution >= 0.6 is 0 Å². The highest BCUT2D eigenvalue weighted by Gasteiger charge is 2.30. The molecule has 1 aliphatic rings. The summed E-state index contributed by atoms with van der Waals surface area (Å²) in [4.78, 5) is 12.5. The van der Waals surface area contributed by atoms with E-state index in [1.807, 2.05) is 0 Å². The number of sulfone groups is 1. The van der Waals surface area contributed by atoms with E-state index in [-0.39, 0.29) is 11.0 Å². The molecule has 1 aromatic carbocycles. The molecular formula is C18H20N2O3S. The Bertz CT molecular complexity index is 858. The number of carbonyl (C=O) groups is 1. The summed E-state index contributed by atoms with van der Waals surface area (Å²) in [7, 11) is -1.48. The lowest BCUT2D eigenvalue weighted by Gasteiger charge is -2.11. The minimum absolute atomic E-state index is 0.166. The fourth-order valence-electron chi connectivity index (χ4n) is 3.00. The van der Waals surface area contributed by atoms with E-state index in [1.54, 1.807) is 54.3 Å². The molecule has 1 aromatic heterocycles. The topological polar surface area (TPSA) is 69.0 Å². The van der Waals surface area contributed by atoms with Crippen LogP contribution in [0.2, 0.25) is 0 Å². The molecule has 0 atom stereocenters. The Labute approximate surface area is 141 Å². The lowest BCUT2D eigenvalue weighted by atomic mass is 10.1. The van der Waals surface area contributed by atoms with Gasteiger partial charge in [0.2, 0.25) is 0 Å². The van der Waals surface area contributed by atoms with Crippen molar-refractivity contribution >= 4 is 21.7 Å². The van der Waals surface area contributed by atoms with Gasteiger partial charge in [-0.1, -0.05) is 12.8 Å². The number of rotatable bonds is 5. The third-order valence-electron chi connectivity index (χ3n) is 4.47. The number of hydrogen-bond acceptors (Lipinski definition) is 4. The molecule has 5 nitrogen and oxygen atoms in total. The first-order chi connectivity index (χ1) is 11.5. The van der Waals surface area contributed by atoms with E-state index >= 15 is 0 Å². The molecule has 3 rings (SSSR count). The van der Waals surface area contributed by atoms with Gasteiger partial charge in [0.1, 0.15) is 0 Å². The monoisotopic (exact) mass is 344 g/mol. The Kier molecular flexibility index (Phi) is 4.66. The average molecular weight is 344 g/mol. The lowest BCUT2D eigenvalue weighted by Crippen LogP contribution is -2.17. The molecule has 0 saturated heterocycles. The van der Waals surface area contributed by atoms with Crippen molar-refractivity contribution in [2.24, 2.45) is 7.05 Å². The number of aryl methyl sites for hydroxylation is 1. The summed E-state index contributed by atoms with van der Waals surface area (Å²) in [5.41, 5.74) is 1.29. The molecule has 1 fully saturated rings. The van der Waals surface area contributed by atoms with Gasteiger partial charge in [0.25, 0.3) is 0 Å². The van der Waals surface area contributed by atoms with Gasteiger partial charge in [-0.3, -0.25) is 9.48 Å². The van der Waals surface area contributed by atoms with E-state index in [1.165, 1.54) is 6.08 Å². The minimum Gasteiger partial charge on any atom is -0.289 e. The third kappa shape index (κ3) is 3.33. The molecule has 0 radical (unpaired) electrons. The summed E-state index contributed by atoms with van der Waals surface area (Å²) in [6.45, 7) is 0. The van der Waals surface area contributed by atoms with Crippen LogP contribution < -0.4 is 0 Å². The van der Waals surface area contributed by atoms with Crippen molar-refractivity contribution in [1.29, 1.82) is 0 Å². The maximum Gasteiger partial charge on any atom is 0.185 e. The minimum atomic E-state index is -3.28. The molecule has 1 saturated carbocycles. The summed E-state index contributed by atoms with van der Waals surface area (Å²) < 4.78 is 26.7. The van der Waals surface area contributed by atoms with Crippen molar-refractivity contribution in [1.82, 2.24) is 9.78 Å². The number of allylic oxidation sites excluding steroid dienone is 1. The molecule has 6 heteroatoms. The molecular weight excluding hydrogens is 324 g/mol. The van der Waals surface area contributed by atoms with Crippen LogP contribution in [0.25, 0.3) is 6.08 Å². The van der Waals surface area contributed by atoms with Crippen molar-refractivity contribution in [2.45, 2.75) is 35.8 Å². The summed E-state index contributed by atoms with van der Waals surface area (Å²) in [6.07, 6.45) is 8.23. The molecule has 0 amide bonds. The second-order valence-electron chi connectivity index (χ2n) is 6.05. The zero-order valence-corrected chi connectivity index (χ0v) is 14.4. The number of aromatic nitrogens is 2. The highest BCUT2D eigenvalue weighted by atomic mass is 32.2. The molecule has 1 heterocycles. The second-order valence-corrected chi connectivity index (χ2v) is 8.28. The van der Waals surface area contributed by atoms with Gasteiger partial charge < -0.3 is 0 Å². The van der Waals surface area contributed by atoms with Crippen molar-refractivity contribution in [3.05, 3.63) is 53.9 Å². The number of benzene rings is 1. The van der Waals surface area contributed by atoms with Crippen LogP contribution in [0.5, 0.6) is 0 Å². The first-order valence-electron chi connectivity index (χ1n) is 8.03. The smallest absolute Gasteiger partial charge is 0.185 e. The van der Waals surface area contributed by atoms with Crippen LogP contribution in [-0.4, -0.2) is 29.2 Å². The van der Waals surface area contributed by atoms with E-state index in [0.717, 1.165) is 31.4 Å². The molecule has 2 aromatic rings. The van der Waals surface area contributed by atoms with E-state index in [2.05, 4.69) is 5.10 Å². The van der Waals surface area contributed by atoms with E-state index in [9.17, 15) is 13.2 Å². The number of hydrogen-bond donors (Lipinski definition) is 0.